The van der Waals surface area contributed by atoms with E-state index in [2.05, 4.69) is 15.9 Å². The van der Waals surface area contributed by atoms with Gasteiger partial charge in [-0.3, -0.25) is 14.5 Å². The fourth-order valence-electron chi connectivity index (χ4n) is 4.03. The van der Waals surface area contributed by atoms with Crippen LogP contribution in [0.1, 0.15) is 35.2 Å². The quantitative estimate of drug-likeness (QED) is 0.260. The van der Waals surface area contributed by atoms with Crippen molar-refractivity contribution in [1.29, 1.82) is 5.26 Å². The van der Waals surface area contributed by atoms with Gasteiger partial charge < -0.3 is 14.9 Å². The molecule has 1 saturated heterocycles. The third kappa shape index (κ3) is 4.38. The van der Waals surface area contributed by atoms with Crippen LogP contribution in [0.3, 0.4) is 0 Å². The Hall–Kier alpha value is -4.09. The van der Waals surface area contributed by atoms with Crippen molar-refractivity contribution in [1.82, 2.24) is 0 Å². The molecule has 8 heteroatoms. The Morgan fingerprint density at radius 1 is 1.11 bits per heavy atom. The SMILES string of the molecule is CCOc1cc(C2/C(=C(/O)c3ccc(Br)c(C)c3)C(=O)C(=O)N2c2ccc(C#N)cc2)ccc1O. The normalized spacial score (nSPS) is 16.9. The lowest BCUT2D eigenvalue weighted by atomic mass is 9.94. The minimum absolute atomic E-state index is 0.0885. The number of phenolic OH excluding ortho intramolecular Hbond substituents is 1. The van der Waals surface area contributed by atoms with Crippen molar-refractivity contribution in [3.8, 4) is 17.6 Å². The Balaban J connectivity index is 1.96. The first kappa shape index (κ1) is 24.0. The standard InChI is InChI=1S/C27H21BrN2O5/c1-3-35-22-13-17(7-11-21(22)31)24-23(25(32)18-6-10-20(28)15(2)12-18)26(33)27(34)30(24)19-8-4-16(14-29)5-9-19/h4-13,24,31-32H,3H2,1-2H3/b25-23-. The zero-order chi connectivity index (χ0) is 25.3. The molecule has 1 amide bonds. The van der Waals surface area contributed by atoms with Crippen molar-refractivity contribution < 1.29 is 24.5 Å². The molecule has 7 nitrogen and oxygen atoms in total. The number of benzene rings is 3. The Morgan fingerprint density at radius 2 is 1.83 bits per heavy atom. The summed E-state index contributed by atoms with van der Waals surface area (Å²) in [5.41, 5.74) is 2.38. The highest BCUT2D eigenvalue weighted by Gasteiger charge is 2.47. The number of anilines is 1. The maximum absolute atomic E-state index is 13.3. The number of aryl methyl sites for hydroxylation is 1. The van der Waals surface area contributed by atoms with Gasteiger partial charge in [-0.05, 0) is 73.5 Å². The summed E-state index contributed by atoms with van der Waals surface area (Å²) in [7, 11) is 0. The molecule has 1 aliphatic heterocycles. The first-order valence-corrected chi connectivity index (χ1v) is 11.6. The van der Waals surface area contributed by atoms with Gasteiger partial charge in [-0.1, -0.05) is 28.1 Å². The predicted molar refractivity (Wildman–Crippen MR) is 134 cm³/mol. The van der Waals surface area contributed by atoms with E-state index in [1.54, 1.807) is 61.5 Å². The lowest BCUT2D eigenvalue weighted by Crippen LogP contribution is -2.29. The number of ketones is 1. The summed E-state index contributed by atoms with van der Waals surface area (Å²) in [5, 5.41) is 30.6. The molecule has 0 saturated carbocycles. The van der Waals surface area contributed by atoms with Crippen LogP contribution in [-0.2, 0) is 9.59 Å². The first-order valence-electron chi connectivity index (χ1n) is 10.8. The number of hydrogen-bond donors (Lipinski definition) is 2. The minimum Gasteiger partial charge on any atom is -0.507 e. The molecule has 3 aromatic carbocycles. The molecule has 1 fully saturated rings. The molecular weight excluding hydrogens is 512 g/mol. The van der Waals surface area contributed by atoms with Crippen molar-refractivity contribution in [3.05, 3.63) is 93.0 Å². The van der Waals surface area contributed by atoms with Gasteiger partial charge in [0.05, 0.1) is 29.9 Å². The summed E-state index contributed by atoms with van der Waals surface area (Å²) in [4.78, 5) is 27.8. The number of aliphatic hydroxyl groups excluding tert-OH is 1. The maximum Gasteiger partial charge on any atom is 0.300 e. The van der Waals surface area contributed by atoms with Crippen LogP contribution in [0.15, 0.2) is 70.7 Å². The number of nitrogens with zero attached hydrogens (tertiary/aromatic N) is 2. The average Bonchev–Trinajstić information content (AvgIpc) is 3.12. The number of carbonyl (C=O) groups is 2. The molecule has 35 heavy (non-hydrogen) atoms. The number of aromatic hydroxyl groups is 1. The summed E-state index contributed by atoms with van der Waals surface area (Å²) in [5.74, 6) is -1.87. The highest BCUT2D eigenvalue weighted by atomic mass is 79.9. The molecule has 1 heterocycles. The Labute approximate surface area is 210 Å². The van der Waals surface area contributed by atoms with Crippen LogP contribution in [0.25, 0.3) is 5.76 Å². The lowest BCUT2D eigenvalue weighted by molar-refractivity contribution is -0.132. The molecule has 4 rings (SSSR count). The Kier molecular flexibility index (Phi) is 6.63. The zero-order valence-electron chi connectivity index (χ0n) is 18.9. The molecule has 3 aromatic rings. The van der Waals surface area contributed by atoms with E-state index in [1.165, 1.54) is 11.0 Å². The molecular formula is C27H21BrN2O5. The van der Waals surface area contributed by atoms with Gasteiger partial charge >= 0.3 is 0 Å². The fourth-order valence-corrected chi connectivity index (χ4v) is 4.28. The van der Waals surface area contributed by atoms with E-state index < -0.39 is 17.7 Å². The number of rotatable bonds is 5. The molecule has 0 radical (unpaired) electrons. The van der Waals surface area contributed by atoms with Crippen molar-refractivity contribution >= 4 is 39.1 Å². The smallest absolute Gasteiger partial charge is 0.300 e. The number of carbonyl (C=O) groups excluding carboxylic acids is 2. The molecule has 0 aliphatic carbocycles. The topological polar surface area (TPSA) is 111 Å². The number of nitriles is 1. The number of halogens is 1. The van der Waals surface area contributed by atoms with Crippen LogP contribution in [0.4, 0.5) is 5.69 Å². The third-order valence-electron chi connectivity index (χ3n) is 5.75. The van der Waals surface area contributed by atoms with Gasteiger partial charge in [-0.25, -0.2) is 0 Å². The van der Waals surface area contributed by atoms with Gasteiger partial charge in [0.1, 0.15) is 5.76 Å². The maximum atomic E-state index is 13.3. The zero-order valence-corrected chi connectivity index (χ0v) is 20.5. The van der Waals surface area contributed by atoms with Crippen LogP contribution in [0.5, 0.6) is 11.5 Å². The van der Waals surface area contributed by atoms with Gasteiger partial charge in [0.15, 0.2) is 11.5 Å². The monoisotopic (exact) mass is 532 g/mol. The molecule has 1 unspecified atom stereocenters. The third-order valence-corrected chi connectivity index (χ3v) is 6.64. The van der Waals surface area contributed by atoms with Gasteiger partial charge in [0.25, 0.3) is 11.7 Å². The summed E-state index contributed by atoms with van der Waals surface area (Å²) < 4.78 is 6.35. The Bertz CT molecular complexity index is 1410. The molecule has 0 aromatic heterocycles. The number of hydrogen-bond acceptors (Lipinski definition) is 6. The number of ether oxygens (including phenoxy) is 1. The van der Waals surface area contributed by atoms with E-state index in [-0.39, 0.29) is 22.8 Å². The highest BCUT2D eigenvalue weighted by Crippen LogP contribution is 2.44. The largest absolute Gasteiger partial charge is 0.507 e. The lowest BCUT2D eigenvalue weighted by Gasteiger charge is -2.26. The summed E-state index contributed by atoms with van der Waals surface area (Å²) in [6, 6.07) is 16.9. The summed E-state index contributed by atoms with van der Waals surface area (Å²) in [6.45, 7) is 3.91. The van der Waals surface area contributed by atoms with Gasteiger partial charge in [-0.2, -0.15) is 5.26 Å². The summed E-state index contributed by atoms with van der Waals surface area (Å²) in [6.07, 6.45) is 0. The van der Waals surface area contributed by atoms with E-state index in [1.807, 2.05) is 13.0 Å². The van der Waals surface area contributed by atoms with Crippen LogP contribution in [0, 0.1) is 18.3 Å². The molecule has 0 bridgehead atoms. The second-order valence-electron chi connectivity index (χ2n) is 7.95. The molecule has 1 aliphatic rings. The van der Waals surface area contributed by atoms with E-state index >= 15 is 0 Å². The van der Waals surface area contributed by atoms with E-state index in [0.29, 0.717) is 29.0 Å². The average molecular weight is 533 g/mol. The second kappa shape index (κ2) is 9.65. The van der Waals surface area contributed by atoms with Gasteiger partial charge in [-0.15, -0.1) is 0 Å². The number of aliphatic hydroxyl groups is 1. The van der Waals surface area contributed by atoms with Crippen molar-refractivity contribution in [2.45, 2.75) is 19.9 Å². The number of Topliss-reactive ketones (excluding diaryl/α,β-unsaturated/α-hetero) is 1. The minimum atomic E-state index is -0.994. The molecule has 0 spiro atoms. The second-order valence-corrected chi connectivity index (χ2v) is 8.81. The van der Waals surface area contributed by atoms with E-state index in [0.717, 1.165) is 10.0 Å². The molecule has 176 valence electrons. The van der Waals surface area contributed by atoms with Crippen LogP contribution < -0.4 is 9.64 Å². The van der Waals surface area contributed by atoms with Gasteiger partial charge in [0, 0.05) is 15.7 Å². The van der Waals surface area contributed by atoms with E-state index in [9.17, 15) is 19.8 Å². The van der Waals surface area contributed by atoms with Crippen LogP contribution in [0.2, 0.25) is 0 Å². The molecule has 2 N–H and O–H groups in total. The van der Waals surface area contributed by atoms with Crippen molar-refractivity contribution in [2.24, 2.45) is 0 Å². The van der Waals surface area contributed by atoms with Gasteiger partial charge in [0.2, 0.25) is 0 Å². The first-order chi connectivity index (χ1) is 16.8. The molecule has 1 atom stereocenters. The summed E-state index contributed by atoms with van der Waals surface area (Å²) >= 11 is 3.43. The highest BCUT2D eigenvalue weighted by molar-refractivity contribution is 9.10. The predicted octanol–water partition coefficient (Wildman–Crippen LogP) is 5.36. The van der Waals surface area contributed by atoms with Crippen molar-refractivity contribution in [2.75, 3.05) is 11.5 Å². The fraction of sp³-hybridized carbons (Fsp3) is 0.148. The number of amides is 1. The Morgan fingerprint density at radius 3 is 2.46 bits per heavy atom. The number of phenols is 1. The van der Waals surface area contributed by atoms with Crippen molar-refractivity contribution in [3.63, 3.8) is 0 Å². The van der Waals surface area contributed by atoms with E-state index in [4.69, 9.17) is 10.00 Å². The van der Waals surface area contributed by atoms with Crippen LogP contribution >= 0.6 is 15.9 Å². The van der Waals surface area contributed by atoms with Crippen LogP contribution in [-0.4, -0.2) is 28.5 Å².